The summed E-state index contributed by atoms with van der Waals surface area (Å²) in [6.45, 7) is 8.07. The molecule has 1 aromatic rings. The summed E-state index contributed by atoms with van der Waals surface area (Å²) in [5, 5.41) is 1.19. The predicted molar refractivity (Wildman–Crippen MR) is 86.7 cm³/mol. The average Bonchev–Trinajstić information content (AvgIpc) is 2.40. The van der Waals surface area contributed by atoms with Gasteiger partial charge in [-0.1, -0.05) is 38.8 Å². The third-order valence-corrected chi connectivity index (χ3v) is 6.33. The number of unbranched alkanes of at least 4 members (excludes halogenated alkanes) is 2. The van der Waals surface area contributed by atoms with Crippen molar-refractivity contribution in [2.24, 2.45) is 0 Å². The molecule has 0 unspecified atom stereocenters. The van der Waals surface area contributed by atoms with Crippen molar-refractivity contribution in [1.29, 1.82) is 0 Å². The van der Waals surface area contributed by atoms with Crippen molar-refractivity contribution in [2.75, 3.05) is 13.2 Å². The molecule has 1 rings (SSSR count). The average molecular weight is 299 g/mol. The Labute approximate surface area is 124 Å². The van der Waals surface area contributed by atoms with Crippen LogP contribution < -0.4 is 5.19 Å². The minimum atomic E-state index is -2.26. The quantitative estimate of drug-likeness (QED) is 0.423. The van der Waals surface area contributed by atoms with Gasteiger partial charge in [-0.25, -0.2) is 0 Å². The highest BCUT2D eigenvalue weighted by Gasteiger charge is 2.33. The number of hydrogen-bond acceptors (Lipinski definition) is 3. The molecule has 19 heavy (non-hydrogen) atoms. The molecule has 0 saturated carbocycles. The normalized spacial score (nSPS) is 11.8. The molecule has 0 fully saturated rings. The van der Waals surface area contributed by atoms with E-state index in [-0.39, 0.29) is 0 Å². The molecule has 2 nitrogen and oxygen atoms in total. The molecule has 4 heteroatoms. The van der Waals surface area contributed by atoms with E-state index in [4.69, 9.17) is 8.85 Å². The fraction of sp³-hybridized carbons (Fsp3) is 0.600. The van der Waals surface area contributed by atoms with Crippen molar-refractivity contribution in [3.05, 3.63) is 24.3 Å². The van der Waals surface area contributed by atoms with E-state index >= 15 is 0 Å². The summed E-state index contributed by atoms with van der Waals surface area (Å²) >= 11 is 4.33. The molecule has 0 aliphatic carbocycles. The lowest BCUT2D eigenvalue weighted by molar-refractivity contribution is 0.181. The third kappa shape index (κ3) is 5.69. The lowest BCUT2D eigenvalue weighted by Crippen LogP contribution is -2.51. The highest BCUT2D eigenvalue weighted by Crippen LogP contribution is 2.12. The van der Waals surface area contributed by atoms with Gasteiger partial charge in [0.25, 0.3) is 0 Å². The molecule has 0 aromatic heterocycles. The van der Waals surface area contributed by atoms with Crippen LogP contribution in [-0.4, -0.2) is 21.8 Å². The summed E-state index contributed by atoms with van der Waals surface area (Å²) in [4.78, 5) is 0.974. The van der Waals surface area contributed by atoms with Crippen molar-refractivity contribution < 1.29 is 8.85 Å². The van der Waals surface area contributed by atoms with Crippen LogP contribution in [0.4, 0.5) is 0 Å². The van der Waals surface area contributed by atoms with Crippen molar-refractivity contribution in [2.45, 2.75) is 51.0 Å². The highest BCUT2D eigenvalue weighted by molar-refractivity contribution is 7.80. The Bertz CT molecular complexity index is 344. The summed E-state index contributed by atoms with van der Waals surface area (Å²) in [6.07, 6.45) is 4.47. The Balaban J connectivity index is 2.74. The second kappa shape index (κ2) is 8.79. The van der Waals surface area contributed by atoms with Crippen LogP contribution >= 0.6 is 12.6 Å². The molecular weight excluding hydrogens is 272 g/mol. The first-order chi connectivity index (χ1) is 9.12. The van der Waals surface area contributed by atoms with Gasteiger partial charge in [0, 0.05) is 18.1 Å². The maximum absolute atomic E-state index is 6.13. The van der Waals surface area contributed by atoms with Crippen LogP contribution in [0.5, 0.6) is 0 Å². The molecule has 0 amide bonds. The Kier molecular flexibility index (Phi) is 7.76. The molecule has 0 bridgehead atoms. The third-order valence-electron chi connectivity index (χ3n) is 3.14. The van der Waals surface area contributed by atoms with Crippen molar-refractivity contribution in [3.63, 3.8) is 0 Å². The van der Waals surface area contributed by atoms with Gasteiger partial charge >= 0.3 is 8.56 Å². The molecule has 0 radical (unpaired) electrons. The number of thiol groups is 1. The van der Waals surface area contributed by atoms with Gasteiger partial charge in [-0.3, -0.25) is 0 Å². The number of benzene rings is 1. The summed E-state index contributed by atoms with van der Waals surface area (Å²) in [5.74, 6) is 0. The van der Waals surface area contributed by atoms with E-state index < -0.39 is 8.56 Å². The van der Waals surface area contributed by atoms with Crippen molar-refractivity contribution in [1.82, 2.24) is 0 Å². The second-order valence-corrected chi connectivity index (χ2v) is 8.46. The van der Waals surface area contributed by atoms with E-state index in [9.17, 15) is 0 Å². The van der Waals surface area contributed by atoms with Crippen LogP contribution in [0.1, 0.15) is 39.5 Å². The zero-order chi connectivity index (χ0) is 14.1. The second-order valence-electron chi connectivity index (χ2n) is 4.90. The smallest absolute Gasteiger partial charge is 0.369 e. The zero-order valence-corrected chi connectivity index (χ0v) is 14.2. The first-order valence-electron chi connectivity index (χ1n) is 7.19. The van der Waals surface area contributed by atoms with Crippen LogP contribution in [0.2, 0.25) is 6.55 Å². The molecule has 1 aromatic carbocycles. The largest absolute Gasteiger partial charge is 0.391 e. The monoisotopic (exact) mass is 298 g/mol. The van der Waals surface area contributed by atoms with Gasteiger partial charge in [0.1, 0.15) is 0 Å². The molecule has 108 valence electrons. The maximum atomic E-state index is 6.13. The highest BCUT2D eigenvalue weighted by atomic mass is 32.1. The Hall–Kier alpha value is -0.293. The van der Waals surface area contributed by atoms with Gasteiger partial charge < -0.3 is 8.85 Å². The standard InChI is InChI=1S/C15H26O2SSi/c1-4-6-12-16-19(3,17-13-7-5-2)15-10-8-14(18)9-11-15/h8-11,18H,4-7,12-13H2,1-3H3. The molecule has 0 aliphatic heterocycles. The van der Waals surface area contributed by atoms with Crippen LogP contribution in [-0.2, 0) is 8.85 Å². The van der Waals surface area contributed by atoms with E-state index in [1.807, 2.05) is 12.1 Å². The Morgan fingerprint density at radius 3 is 1.84 bits per heavy atom. The molecule has 0 heterocycles. The SMILES string of the molecule is CCCCO[Si](C)(OCCCC)c1ccc(S)cc1. The van der Waals surface area contributed by atoms with Crippen LogP contribution in [0.15, 0.2) is 29.2 Å². The summed E-state index contributed by atoms with van der Waals surface area (Å²) in [6, 6.07) is 8.20. The van der Waals surface area contributed by atoms with Gasteiger partial charge in [0.15, 0.2) is 0 Å². The fourth-order valence-corrected chi connectivity index (χ4v) is 4.20. The van der Waals surface area contributed by atoms with E-state index in [0.717, 1.165) is 43.8 Å². The first kappa shape index (κ1) is 16.8. The van der Waals surface area contributed by atoms with Crippen LogP contribution in [0.3, 0.4) is 0 Å². The number of rotatable bonds is 9. The molecule has 0 N–H and O–H groups in total. The number of hydrogen-bond donors (Lipinski definition) is 1. The molecule has 0 aliphatic rings. The van der Waals surface area contributed by atoms with Gasteiger partial charge in [0.2, 0.25) is 0 Å². The fourth-order valence-electron chi connectivity index (χ4n) is 1.80. The topological polar surface area (TPSA) is 18.5 Å². The Morgan fingerprint density at radius 2 is 1.42 bits per heavy atom. The summed E-state index contributed by atoms with van der Waals surface area (Å²) in [7, 11) is -2.26. The minimum absolute atomic E-state index is 0.786. The van der Waals surface area contributed by atoms with E-state index in [1.54, 1.807) is 0 Å². The van der Waals surface area contributed by atoms with Gasteiger partial charge in [-0.2, -0.15) is 0 Å². The minimum Gasteiger partial charge on any atom is -0.391 e. The van der Waals surface area contributed by atoms with Crippen LogP contribution in [0.25, 0.3) is 0 Å². The van der Waals surface area contributed by atoms with Crippen LogP contribution in [0, 0.1) is 0 Å². The maximum Gasteiger partial charge on any atom is 0.369 e. The van der Waals surface area contributed by atoms with E-state index in [2.05, 4.69) is 45.2 Å². The Morgan fingerprint density at radius 1 is 0.947 bits per heavy atom. The first-order valence-corrected chi connectivity index (χ1v) is 9.96. The van der Waals surface area contributed by atoms with E-state index in [0.29, 0.717) is 0 Å². The molecular formula is C15H26O2SSi. The molecule has 0 atom stereocenters. The molecule has 0 spiro atoms. The van der Waals surface area contributed by atoms with Gasteiger partial charge in [-0.05, 0) is 36.7 Å². The lowest BCUT2D eigenvalue weighted by Gasteiger charge is -2.27. The summed E-state index contributed by atoms with van der Waals surface area (Å²) in [5.41, 5.74) is 0. The van der Waals surface area contributed by atoms with Crippen molar-refractivity contribution >= 4 is 26.4 Å². The molecule has 0 saturated heterocycles. The van der Waals surface area contributed by atoms with E-state index in [1.165, 1.54) is 5.19 Å². The summed E-state index contributed by atoms with van der Waals surface area (Å²) < 4.78 is 12.3. The lowest BCUT2D eigenvalue weighted by atomic mass is 10.4. The van der Waals surface area contributed by atoms with Gasteiger partial charge in [-0.15, -0.1) is 12.6 Å². The van der Waals surface area contributed by atoms with Gasteiger partial charge in [0.05, 0.1) is 0 Å². The predicted octanol–water partition coefficient (Wildman–Crippen LogP) is 3.89. The van der Waals surface area contributed by atoms with Crippen molar-refractivity contribution in [3.8, 4) is 0 Å². The zero-order valence-electron chi connectivity index (χ0n) is 12.3.